The Balaban J connectivity index is 2.32. The molecule has 1 aliphatic heterocycles. The van der Waals surface area contributed by atoms with Crippen LogP contribution in [0.15, 0.2) is 24.3 Å². The third-order valence-electron chi connectivity index (χ3n) is 2.50. The number of benzene rings is 1. The Morgan fingerprint density at radius 3 is 2.07 bits per heavy atom. The van der Waals surface area contributed by atoms with E-state index in [2.05, 4.69) is 0 Å². The number of nitrogens with zero attached hydrogens (tertiary/aromatic N) is 1. The summed E-state index contributed by atoms with van der Waals surface area (Å²) in [7, 11) is 0. The number of fused-ring (bicyclic) bond motifs is 1. The molecule has 0 saturated carbocycles. The van der Waals surface area contributed by atoms with E-state index >= 15 is 0 Å². The maximum atomic E-state index is 10.5. The molecule has 0 fully saturated rings. The zero-order valence-corrected chi connectivity index (χ0v) is 7.87. The summed E-state index contributed by atoms with van der Waals surface area (Å²) in [6, 6.07) is 6.81. The number of hydrogen-bond donors (Lipinski definition) is 3. The van der Waals surface area contributed by atoms with Crippen LogP contribution >= 0.6 is 0 Å². The monoisotopic (exact) mass is 209 g/mol. The molecule has 1 heterocycles. The van der Waals surface area contributed by atoms with Crippen LogP contribution in [0.4, 0.5) is 0 Å². The summed E-state index contributed by atoms with van der Waals surface area (Å²) in [5.74, 6) is -1.08. The molecule has 0 saturated heterocycles. The average molecular weight is 209 g/mol. The van der Waals surface area contributed by atoms with Crippen molar-refractivity contribution in [2.24, 2.45) is 0 Å². The minimum atomic E-state index is -1.08. The number of aliphatic hydroxyl groups excluding tert-OH is 2. The normalized spacial score (nSPS) is 25.2. The van der Waals surface area contributed by atoms with E-state index in [1.807, 2.05) is 0 Å². The van der Waals surface area contributed by atoms with Crippen molar-refractivity contribution >= 4 is 5.97 Å². The van der Waals surface area contributed by atoms with Gasteiger partial charge in [0.1, 0.15) is 19.0 Å². The van der Waals surface area contributed by atoms with Crippen molar-refractivity contribution in [3.8, 4) is 0 Å². The maximum absolute atomic E-state index is 10.5. The summed E-state index contributed by atoms with van der Waals surface area (Å²) in [4.78, 5) is 11.7. The Kier molecular flexibility index (Phi) is 2.44. The van der Waals surface area contributed by atoms with Crippen LogP contribution in [-0.2, 0) is 4.79 Å². The zero-order chi connectivity index (χ0) is 11.0. The van der Waals surface area contributed by atoms with Crippen LogP contribution in [-0.4, -0.2) is 32.7 Å². The van der Waals surface area contributed by atoms with Gasteiger partial charge in [-0.05, 0) is 0 Å². The van der Waals surface area contributed by atoms with Gasteiger partial charge >= 0.3 is 5.97 Å². The quantitative estimate of drug-likeness (QED) is 0.642. The Morgan fingerprint density at radius 2 is 1.67 bits per heavy atom. The molecule has 5 nitrogen and oxygen atoms in total. The fraction of sp³-hybridized carbons (Fsp3) is 0.300. The summed E-state index contributed by atoms with van der Waals surface area (Å²) in [5.41, 5.74) is 1.12. The fourth-order valence-electron chi connectivity index (χ4n) is 1.80. The molecule has 1 aromatic rings. The molecule has 3 N–H and O–H groups in total. The van der Waals surface area contributed by atoms with E-state index in [4.69, 9.17) is 5.11 Å². The molecule has 0 radical (unpaired) electrons. The predicted molar refractivity (Wildman–Crippen MR) is 50.7 cm³/mol. The van der Waals surface area contributed by atoms with Crippen LogP contribution in [0.3, 0.4) is 0 Å². The zero-order valence-electron chi connectivity index (χ0n) is 7.87. The molecule has 2 unspecified atom stereocenters. The highest BCUT2D eigenvalue weighted by molar-refractivity contribution is 5.69. The van der Waals surface area contributed by atoms with E-state index in [1.54, 1.807) is 24.3 Å². The van der Waals surface area contributed by atoms with Crippen molar-refractivity contribution in [3.63, 3.8) is 0 Å². The SMILES string of the molecule is O=C(O)CN1C(O)c2ccccc2C1O. The van der Waals surface area contributed by atoms with Gasteiger partial charge in [-0.2, -0.15) is 0 Å². The average Bonchev–Trinajstić information content (AvgIpc) is 2.44. The van der Waals surface area contributed by atoms with Gasteiger partial charge in [0.15, 0.2) is 0 Å². The number of aliphatic carboxylic acids is 1. The molecule has 0 amide bonds. The van der Waals surface area contributed by atoms with Crippen molar-refractivity contribution in [3.05, 3.63) is 35.4 Å². The molecule has 15 heavy (non-hydrogen) atoms. The van der Waals surface area contributed by atoms with Gasteiger partial charge in [-0.3, -0.25) is 4.79 Å². The summed E-state index contributed by atoms with van der Waals surface area (Å²) >= 11 is 0. The van der Waals surface area contributed by atoms with Crippen molar-refractivity contribution in [1.82, 2.24) is 4.90 Å². The van der Waals surface area contributed by atoms with Gasteiger partial charge in [-0.25, -0.2) is 4.90 Å². The van der Waals surface area contributed by atoms with Gasteiger partial charge in [0, 0.05) is 11.1 Å². The summed E-state index contributed by atoms with van der Waals surface area (Å²) in [6.45, 7) is -0.392. The number of carboxylic acids is 1. The van der Waals surface area contributed by atoms with Gasteiger partial charge in [0.2, 0.25) is 0 Å². The second-order valence-corrected chi connectivity index (χ2v) is 3.44. The number of carbonyl (C=O) groups is 1. The van der Waals surface area contributed by atoms with E-state index in [9.17, 15) is 15.0 Å². The number of hydrogen-bond acceptors (Lipinski definition) is 4. The lowest BCUT2D eigenvalue weighted by molar-refractivity contribution is -0.148. The van der Waals surface area contributed by atoms with Crippen LogP contribution in [0.2, 0.25) is 0 Å². The van der Waals surface area contributed by atoms with Gasteiger partial charge in [0.05, 0.1) is 0 Å². The van der Waals surface area contributed by atoms with Gasteiger partial charge in [-0.15, -0.1) is 0 Å². The Labute approximate surface area is 86.2 Å². The number of aliphatic hydroxyl groups is 2. The van der Waals surface area contributed by atoms with Gasteiger partial charge in [-0.1, -0.05) is 24.3 Å². The van der Waals surface area contributed by atoms with E-state index in [0.717, 1.165) is 4.90 Å². The Hall–Kier alpha value is -1.43. The molecule has 0 bridgehead atoms. The molecule has 2 rings (SSSR count). The summed E-state index contributed by atoms with van der Waals surface area (Å²) in [5, 5.41) is 28.2. The third kappa shape index (κ3) is 1.61. The van der Waals surface area contributed by atoms with E-state index in [0.29, 0.717) is 11.1 Å². The Bertz CT molecular complexity index is 364. The molecule has 1 aromatic carbocycles. The largest absolute Gasteiger partial charge is 0.480 e. The highest BCUT2D eigenvalue weighted by Gasteiger charge is 2.36. The first-order valence-electron chi connectivity index (χ1n) is 4.54. The lowest BCUT2D eigenvalue weighted by atomic mass is 10.1. The molecule has 5 heteroatoms. The minimum absolute atomic E-state index is 0.392. The standard InChI is InChI=1S/C10H11NO4/c12-8(13)5-11-9(14)6-3-1-2-4-7(6)10(11)15/h1-4,9-10,14-15H,5H2,(H,12,13). The van der Waals surface area contributed by atoms with Crippen LogP contribution < -0.4 is 0 Å². The maximum Gasteiger partial charge on any atom is 0.317 e. The van der Waals surface area contributed by atoms with E-state index in [1.165, 1.54) is 0 Å². The lowest BCUT2D eigenvalue weighted by Crippen LogP contribution is -2.31. The molecule has 2 atom stereocenters. The fourth-order valence-corrected chi connectivity index (χ4v) is 1.80. The van der Waals surface area contributed by atoms with Crippen molar-refractivity contribution in [1.29, 1.82) is 0 Å². The van der Waals surface area contributed by atoms with Crippen molar-refractivity contribution in [2.75, 3.05) is 6.54 Å². The summed E-state index contributed by atoms with van der Waals surface area (Å²) < 4.78 is 0. The topological polar surface area (TPSA) is 81.0 Å². The highest BCUT2D eigenvalue weighted by Crippen LogP contribution is 2.38. The predicted octanol–water partition coefficient (Wildman–Crippen LogP) is 0.0686. The summed E-state index contributed by atoms with van der Waals surface area (Å²) in [6.07, 6.45) is -2.10. The smallest absolute Gasteiger partial charge is 0.317 e. The first-order valence-corrected chi connectivity index (χ1v) is 4.54. The van der Waals surface area contributed by atoms with Gasteiger partial charge in [0.25, 0.3) is 0 Å². The first-order chi connectivity index (χ1) is 7.11. The number of rotatable bonds is 2. The molecule has 80 valence electrons. The van der Waals surface area contributed by atoms with E-state index in [-0.39, 0.29) is 0 Å². The van der Waals surface area contributed by atoms with Crippen LogP contribution in [0.1, 0.15) is 23.6 Å². The molecular weight excluding hydrogens is 198 g/mol. The molecule has 0 spiro atoms. The second kappa shape index (κ2) is 3.62. The highest BCUT2D eigenvalue weighted by atomic mass is 16.4. The molecular formula is C10H11NO4. The number of carboxylic acid groups (broad SMARTS) is 1. The van der Waals surface area contributed by atoms with Crippen LogP contribution in [0.5, 0.6) is 0 Å². The molecule has 0 aromatic heterocycles. The van der Waals surface area contributed by atoms with Crippen molar-refractivity contribution < 1.29 is 20.1 Å². The van der Waals surface area contributed by atoms with Crippen LogP contribution in [0, 0.1) is 0 Å². The van der Waals surface area contributed by atoms with Crippen molar-refractivity contribution in [2.45, 2.75) is 12.5 Å². The first kappa shape index (κ1) is 10.1. The molecule has 0 aliphatic carbocycles. The third-order valence-corrected chi connectivity index (χ3v) is 2.50. The minimum Gasteiger partial charge on any atom is -0.480 e. The lowest BCUT2D eigenvalue weighted by Gasteiger charge is -2.21. The molecule has 1 aliphatic rings. The second-order valence-electron chi connectivity index (χ2n) is 3.44. The van der Waals surface area contributed by atoms with E-state index < -0.39 is 25.0 Å². The van der Waals surface area contributed by atoms with Gasteiger partial charge < -0.3 is 15.3 Å². The Morgan fingerprint density at radius 1 is 1.20 bits per heavy atom. The van der Waals surface area contributed by atoms with Crippen LogP contribution in [0.25, 0.3) is 0 Å².